The van der Waals surface area contributed by atoms with E-state index in [2.05, 4.69) is 21.2 Å². The lowest BCUT2D eigenvalue weighted by atomic mass is 9.96. The van der Waals surface area contributed by atoms with E-state index in [1.54, 1.807) is 17.0 Å². The lowest BCUT2D eigenvalue weighted by Gasteiger charge is -2.34. The molecule has 1 saturated carbocycles. The van der Waals surface area contributed by atoms with Crippen molar-refractivity contribution in [1.29, 1.82) is 5.26 Å². The van der Waals surface area contributed by atoms with Crippen LogP contribution in [0.4, 0.5) is 14.6 Å². The number of benzene rings is 1. The molecule has 0 N–H and O–H groups in total. The van der Waals surface area contributed by atoms with Crippen molar-refractivity contribution in [2.45, 2.75) is 31.9 Å². The van der Waals surface area contributed by atoms with Gasteiger partial charge in [-0.15, -0.1) is 21.5 Å². The predicted molar refractivity (Wildman–Crippen MR) is 130 cm³/mol. The third-order valence-electron chi connectivity index (χ3n) is 6.95. The van der Waals surface area contributed by atoms with E-state index in [9.17, 15) is 18.8 Å². The van der Waals surface area contributed by atoms with Crippen molar-refractivity contribution >= 4 is 34.7 Å². The monoisotopic (exact) mass is 513 g/mol. The molecule has 3 atom stereocenters. The number of anilines is 1. The molecule has 2 aromatic heterocycles. The number of hydrogen-bond acceptors (Lipinski definition) is 6. The van der Waals surface area contributed by atoms with E-state index in [1.807, 2.05) is 24.3 Å². The Labute approximate surface area is 210 Å². The second-order valence-electron chi connectivity index (χ2n) is 8.89. The fourth-order valence-corrected chi connectivity index (χ4v) is 6.24. The molecule has 5 rings (SSSR count). The van der Waals surface area contributed by atoms with Crippen molar-refractivity contribution in [2.24, 2.45) is 11.8 Å². The molecular formula is C25H22ClF2N5OS. The van der Waals surface area contributed by atoms with Gasteiger partial charge in [0.05, 0.1) is 21.4 Å². The van der Waals surface area contributed by atoms with Crippen LogP contribution in [0.15, 0.2) is 48.5 Å². The van der Waals surface area contributed by atoms with E-state index in [0.29, 0.717) is 47.0 Å². The molecule has 1 saturated heterocycles. The van der Waals surface area contributed by atoms with E-state index in [1.165, 1.54) is 12.1 Å². The maximum absolute atomic E-state index is 13.1. The van der Waals surface area contributed by atoms with Crippen molar-refractivity contribution in [3.63, 3.8) is 0 Å². The highest BCUT2D eigenvalue weighted by atomic mass is 35.5. The first-order valence-electron chi connectivity index (χ1n) is 11.4. The molecule has 1 aliphatic heterocycles. The number of rotatable bonds is 6. The summed E-state index contributed by atoms with van der Waals surface area (Å²) >= 11 is 6.84. The number of likely N-dealkylation sites (tertiary alicyclic amines) is 1. The van der Waals surface area contributed by atoms with Gasteiger partial charge in [0, 0.05) is 31.6 Å². The van der Waals surface area contributed by atoms with Crippen molar-refractivity contribution in [3.8, 4) is 6.07 Å². The van der Waals surface area contributed by atoms with Gasteiger partial charge in [-0.1, -0.05) is 29.8 Å². The van der Waals surface area contributed by atoms with Crippen LogP contribution in [0.3, 0.4) is 0 Å². The van der Waals surface area contributed by atoms with E-state index in [0.717, 1.165) is 29.7 Å². The van der Waals surface area contributed by atoms with Gasteiger partial charge >= 0.3 is 0 Å². The highest BCUT2D eigenvalue weighted by molar-refractivity contribution is 7.14. The standard InChI is InChI=1S/C25H22ClF2N5OS/c26-22-9-10-23(31-30-22)33(13-16-4-2-1-3-15(16)11-29)19-6-5-17-12-32(14-18(17)19)25(34)21-8-7-20(35-21)24(27)28/h1-4,7-10,17-19,24H,5-6,12-14H2/t17-,18+,19+/m0/s1. The Morgan fingerprint density at radius 2 is 2.00 bits per heavy atom. The molecule has 2 aliphatic rings. The van der Waals surface area contributed by atoms with Crippen LogP contribution in [0.2, 0.25) is 5.15 Å². The molecule has 0 spiro atoms. The van der Waals surface area contributed by atoms with Crippen molar-refractivity contribution in [2.75, 3.05) is 18.0 Å². The molecule has 10 heteroatoms. The number of amides is 1. The highest BCUT2D eigenvalue weighted by Gasteiger charge is 2.46. The topological polar surface area (TPSA) is 73.1 Å². The second kappa shape index (κ2) is 9.88. The number of alkyl halides is 2. The maximum Gasteiger partial charge on any atom is 0.272 e. The summed E-state index contributed by atoms with van der Waals surface area (Å²) in [6, 6.07) is 16.2. The maximum atomic E-state index is 13.1. The SMILES string of the molecule is N#Cc1ccccc1CN(c1ccc(Cl)nn1)[C@@H]1CC[C@H]2CN(C(=O)c3ccc(C(F)F)s3)C[C@H]21. The Morgan fingerprint density at radius 3 is 2.71 bits per heavy atom. The number of carbonyl (C=O) groups excluding carboxylic acids is 1. The number of halogens is 3. The van der Waals surface area contributed by atoms with E-state index in [-0.39, 0.29) is 22.7 Å². The summed E-state index contributed by atoms with van der Waals surface area (Å²) in [6.07, 6.45) is -0.706. The zero-order valence-electron chi connectivity index (χ0n) is 18.7. The summed E-state index contributed by atoms with van der Waals surface area (Å²) in [5.74, 6) is 0.979. The average molecular weight is 514 g/mol. The first-order valence-corrected chi connectivity index (χ1v) is 12.5. The Hall–Kier alpha value is -3.09. The minimum absolute atomic E-state index is 0.0833. The minimum atomic E-state index is -2.57. The lowest BCUT2D eigenvalue weighted by molar-refractivity contribution is 0.0784. The number of thiophene rings is 1. The van der Waals surface area contributed by atoms with Crippen molar-refractivity contribution < 1.29 is 13.6 Å². The van der Waals surface area contributed by atoms with Crippen LogP contribution < -0.4 is 4.90 Å². The van der Waals surface area contributed by atoms with Crippen LogP contribution in [-0.2, 0) is 6.54 Å². The van der Waals surface area contributed by atoms with Crippen LogP contribution in [0.25, 0.3) is 0 Å². The summed E-state index contributed by atoms with van der Waals surface area (Å²) in [5, 5.41) is 18.2. The van der Waals surface area contributed by atoms with Crippen molar-refractivity contribution in [1.82, 2.24) is 15.1 Å². The Balaban J connectivity index is 1.40. The molecule has 35 heavy (non-hydrogen) atoms. The van der Waals surface area contributed by atoms with Gasteiger partial charge in [-0.05, 0) is 54.7 Å². The van der Waals surface area contributed by atoms with E-state index >= 15 is 0 Å². The van der Waals surface area contributed by atoms with Crippen LogP contribution in [0.5, 0.6) is 0 Å². The van der Waals surface area contributed by atoms with Crippen LogP contribution >= 0.6 is 22.9 Å². The third-order valence-corrected chi connectivity index (χ3v) is 8.23. The van der Waals surface area contributed by atoms with E-state index in [4.69, 9.17) is 11.6 Å². The van der Waals surface area contributed by atoms with Gasteiger partial charge in [-0.2, -0.15) is 5.26 Å². The highest BCUT2D eigenvalue weighted by Crippen LogP contribution is 2.43. The fraction of sp³-hybridized carbons (Fsp3) is 0.360. The summed E-state index contributed by atoms with van der Waals surface area (Å²) in [4.78, 5) is 17.3. The molecule has 3 heterocycles. The molecule has 3 aromatic rings. The summed E-state index contributed by atoms with van der Waals surface area (Å²) in [5.41, 5.74) is 1.49. The van der Waals surface area contributed by atoms with Gasteiger partial charge in [0.25, 0.3) is 12.3 Å². The second-order valence-corrected chi connectivity index (χ2v) is 10.4. The van der Waals surface area contributed by atoms with E-state index < -0.39 is 6.43 Å². The van der Waals surface area contributed by atoms with Gasteiger partial charge in [0.2, 0.25) is 0 Å². The quantitative estimate of drug-likeness (QED) is 0.431. The molecule has 1 aliphatic carbocycles. The van der Waals surface area contributed by atoms with Gasteiger partial charge in [-0.25, -0.2) is 8.78 Å². The molecule has 0 radical (unpaired) electrons. The Kier molecular flexibility index (Phi) is 6.67. The lowest BCUT2D eigenvalue weighted by Crippen LogP contribution is -2.41. The number of nitriles is 1. The van der Waals surface area contributed by atoms with Crippen molar-refractivity contribution in [3.05, 3.63) is 74.6 Å². The summed E-state index contributed by atoms with van der Waals surface area (Å²) < 4.78 is 26.0. The van der Waals surface area contributed by atoms with Gasteiger partial charge < -0.3 is 9.80 Å². The zero-order chi connectivity index (χ0) is 24.5. The van der Waals surface area contributed by atoms with Gasteiger partial charge in [0.1, 0.15) is 0 Å². The number of fused-ring (bicyclic) bond motifs is 1. The first-order chi connectivity index (χ1) is 16.9. The molecular weight excluding hydrogens is 492 g/mol. The summed E-state index contributed by atoms with van der Waals surface area (Å²) in [6.45, 7) is 1.63. The van der Waals surface area contributed by atoms with Gasteiger partial charge in [0.15, 0.2) is 11.0 Å². The number of hydrogen-bond donors (Lipinski definition) is 0. The minimum Gasteiger partial charge on any atom is -0.347 e. The summed E-state index contributed by atoms with van der Waals surface area (Å²) in [7, 11) is 0. The number of carbonyl (C=O) groups is 1. The number of aromatic nitrogens is 2. The first kappa shape index (κ1) is 23.6. The average Bonchev–Trinajstić information content (AvgIpc) is 3.59. The Bertz CT molecular complexity index is 1260. The van der Waals surface area contributed by atoms with Crippen LogP contribution in [0.1, 0.15) is 44.9 Å². The molecule has 6 nitrogen and oxygen atoms in total. The van der Waals surface area contributed by atoms with Gasteiger partial charge in [-0.3, -0.25) is 4.79 Å². The fourth-order valence-electron chi connectivity index (χ4n) is 5.31. The molecule has 0 unspecified atom stereocenters. The third kappa shape index (κ3) is 4.73. The zero-order valence-corrected chi connectivity index (χ0v) is 20.2. The van der Waals surface area contributed by atoms with Crippen LogP contribution in [-0.4, -0.2) is 40.1 Å². The predicted octanol–water partition coefficient (Wildman–Crippen LogP) is 5.56. The number of nitrogens with zero attached hydrogens (tertiary/aromatic N) is 5. The molecule has 1 aromatic carbocycles. The molecule has 0 bridgehead atoms. The largest absolute Gasteiger partial charge is 0.347 e. The smallest absolute Gasteiger partial charge is 0.272 e. The van der Waals surface area contributed by atoms with Crippen LogP contribution in [0, 0.1) is 23.2 Å². The molecule has 2 fully saturated rings. The Morgan fingerprint density at radius 1 is 1.17 bits per heavy atom. The normalized spacial score (nSPS) is 21.2. The molecule has 180 valence electrons. The molecule has 1 amide bonds.